The van der Waals surface area contributed by atoms with Crippen molar-refractivity contribution in [2.45, 2.75) is 38.8 Å². The number of aromatic amines is 1. The first-order chi connectivity index (χ1) is 11.0. The van der Waals surface area contributed by atoms with Crippen LogP contribution in [0.5, 0.6) is 0 Å². The second kappa shape index (κ2) is 11.4. The van der Waals surface area contributed by atoms with Crippen LogP contribution in [0.2, 0.25) is 0 Å². The highest BCUT2D eigenvalue weighted by Gasteiger charge is 2.16. The average molecular weight is 389 g/mol. The van der Waals surface area contributed by atoms with Crippen LogP contribution in [0.4, 0.5) is 0 Å². The molecule has 0 saturated heterocycles. The quantitative estimate of drug-likeness (QED) is 0.650. The lowest BCUT2D eigenvalue weighted by atomic mass is 10.1. The van der Waals surface area contributed by atoms with Crippen LogP contribution in [0.25, 0.3) is 10.9 Å². The second-order valence-electron chi connectivity index (χ2n) is 6.20. The van der Waals surface area contributed by atoms with Crippen molar-refractivity contribution in [1.29, 1.82) is 0 Å². The van der Waals surface area contributed by atoms with Gasteiger partial charge in [-0.15, -0.1) is 24.8 Å². The molecule has 0 aliphatic rings. The minimum absolute atomic E-state index is 0. The number of para-hydroxylation sites is 1. The number of H-pyrrole nitrogens is 1. The molecule has 1 heterocycles. The predicted molar refractivity (Wildman–Crippen MR) is 110 cm³/mol. The van der Waals surface area contributed by atoms with Crippen LogP contribution in [-0.4, -0.2) is 48.0 Å². The Hall–Kier alpha value is -1.27. The molecule has 5 nitrogen and oxygen atoms in total. The maximum atomic E-state index is 12.2. The van der Waals surface area contributed by atoms with Crippen molar-refractivity contribution in [3.63, 3.8) is 0 Å². The smallest absolute Gasteiger partial charge is 0.237 e. The van der Waals surface area contributed by atoms with E-state index in [9.17, 15) is 4.79 Å². The van der Waals surface area contributed by atoms with E-state index in [4.69, 9.17) is 5.73 Å². The fraction of sp³-hybridized carbons (Fsp3) is 0.500. The molecule has 0 spiro atoms. The molecule has 0 aliphatic heterocycles. The first kappa shape index (κ1) is 23.7. The van der Waals surface area contributed by atoms with E-state index >= 15 is 0 Å². The minimum atomic E-state index is -0.525. The van der Waals surface area contributed by atoms with Gasteiger partial charge in [0.1, 0.15) is 0 Å². The molecule has 0 saturated carbocycles. The Morgan fingerprint density at radius 1 is 1.32 bits per heavy atom. The van der Waals surface area contributed by atoms with Gasteiger partial charge in [0.25, 0.3) is 0 Å². The molecule has 142 valence electrons. The molecule has 2 atom stereocenters. The first-order valence-corrected chi connectivity index (χ1v) is 8.31. The summed E-state index contributed by atoms with van der Waals surface area (Å²) in [5, 5.41) is 4.07. The molecule has 0 radical (unpaired) electrons. The third kappa shape index (κ3) is 6.51. The van der Waals surface area contributed by atoms with E-state index in [1.165, 1.54) is 0 Å². The van der Waals surface area contributed by atoms with E-state index in [1.807, 2.05) is 30.5 Å². The summed E-state index contributed by atoms with van der Waals surface area (Å²) < 4.78 is 0. The summed E-state index contributed by atoms with van der Waals surface area (Å²) >= 11 is 0. The van der Waals surface area contributed by atoms with Crippen molar-refractivity contribution in [2.75, 3.05) is 20.1 Å². The van der Waals surface area contributed by atoms with E-state index in [1.54, 1.807) is 0 Å². The lowest BCUT2D eigenvalue weighted by Crippen LogP contribution is -2.45. The number of amides is 1. The fourth-order valence-electron chi connectivity index (χ4n) is 2.65. The van der Waals surface area contributed by atoms with Crippen LogP contribution < -0.4 is 11.1 Å². The zero-order valence-electron chi connectivity index (χ0n) is 15.1. The van der Waals surface area contributed by atoms with Gasteiger partial charge in [0.05, 0.1) is 6.04 Å². The summed E-state index contributed by atoms with van der Waals surface area (Å²) in [6.07, 6.45) is 3.58. The molecule has 2 aromatic rings. The van der Waals surface area contributed by atoms with Crippen LogP contribution in [-0.2, 0) is 11.2 Å². The number of aromatic nitrogens is 1. The molecule has 0 fully saturated rings. The Kier molecular flexibility index (Phi) is 10.8. The van der Waals surface area contributed by atoms with E-state index < -0.39 is 6.04 Å². The Bertz CT molecular complexity index is 647. The van der Waals surface area contributed by atoms with Gasteiger partial charge in [0.15, 0.2) is 0 Å². The second-order valence-corrected chi connectivity index (χ2v) is 6.20. The number of carbonyl (C=O) groups is 1. The molecular formula is C18H30Cl2N4O. The third-order valence-corrected chi connectivity index (χ3v) is 4.56. The standard InChI is InChI=1S/C18H28N4O.2ClH/c1-4-13(2)22(3)10-9-20-18(23)16(19)11-14-12-21-17-8-6-5-7-15(14)17;;/h5-8,12-13,16,21H,4,9-11,19H2,1-3H3,(H,20,23);2*1H/t13?,16-;;/m0../s1. The SMILES string of the molecule is CCC(C)N(C)CCNC(=O)[C@@H](N)Cc1c[nH]c2ccccc12.Cl.Cl. The normalized spacial score (nSPS) is 13.0. The number of nitrogens with one attached hydrogen (secondary N) is 2. The van der Waals surface area contributed by atoms with Gasteiger partial charge in [-0.25, -0.2) is 0 Å². The van der Waals surface area contributed by atoms with Crippen molar-refractivity contribution >= 4 is 41.6 Å². The molecule has 1 aromatic heterocycles. The van der Waals surface area contributed by atoms with Crippen LogP contribution >= 0.6 is 24.8 Å². The number of carbonyl (C=O) groups excluding carboxylic acids is 1. The topological polar surface area (TPSA) is 74.2 Å². The molecule has 1 amide bonds. The van der Waals surface area contributed by atoms with Gasteiger partial charge < -0.3 is 20.9 Å². The molecule has 7 heteroatoms. The number of hydrogen-bond acceptors (Lipinski definition) is 3. The van der Waals surface area contributed by atoms with Crippen molar-refractivity contribution in [1.82, 2.24) is 15.2 Å². The van der Waals surface area contributed by atoms with Gasteiger partial charge in [0.2, 0.25) is 5.91 Å². The summed E-state index contributed by atoms with van der Waals surface area (Å²) in [4.78, 5) is 17.6. The lowest BCUT2D eigenvalue weighted by Gasteiger charge is -2.23. The van der Waals surface area contributed by atoms with Crippen molar-refractivity contribution in [2.24, 2.45) is 5.73 Å². The summed E-state index contributed by atoms with van der Waals surface area (Å²) in [6.45, 7) is 5.81. The summed E-state index contributed by atoms with van der Waals surface area (Å²) in [5.74, 6) is -0.0900. The van der Waals surface area contributed by atoms with Gasteiger partial charge in [-0.1, -0.05) is 25.1 Å². The zero-order valence-corrected chi connectivity index (χ0v) is 16.8. The lowest BCUT2D eigenvalue weighted by molar-refractivity contribution is -0.122. The number of halogens is 2. The molecule has 2 rings (SSSR count). The summed E-state index contributed by atoms with van der Waals surface area (Å²) in [5.41, 5.74) is 8.22. The number of benzene rings is 1. The Morgan fingerprint density at radius 3 is 2.68 bits per heavy atom. The van der Waals surface area contributed by atoms with Gasteiger partial charge in [-0.05, 0) is 38.4 Å². The average Bonchev–Trinajstić information content (AvgIpc) is 2.96. The van der Waals surface area contributed by atoms with Crippen molar-refractivity contribution < 1.29 is 4.79 Å². The van der Waals surface area contributed by atoms with Crippen molar-refractivity contribution in [3.05, 3.63) is 36.0 Å². The van der Waals surface area contributed by atoms with Gasteiger partial charge >= 0.3 is 0 Å². The van der Waals surface area contributed by atoms with E-state index in [0.29, 0.717) is 19.0 Å². The number of likely N-dealkylation sites (N-methyl/N-ethyl adjacent to an activating group) is 1. The fourth-order valence-corrected chi connectivity index (χ4v) is 2.65. The molecule has 25 heavy (non-hydrogen) atoms. The maximum Gasteiger partial charge on any atom is 0.237 e. The number of fused-ring (bicyclic) bond motifs is 1. The monoisotopic (exact) mass is 388 g/mol. The number of nitrogens with zero attached hydrogens (tertiary/aromatic N) is 1. The van der Waals surface area contributed by atoms with Gasteiger partial charge in [0, 0.05) is 36.2 Å². The molecule has 1 aromatic carbocycles. The molecule has 1 unspecified atom stereocenters. The van der Waals surface area contributed by atoms with Crippen molar-refractivity contribution in [3.8, 4) is 0 Å². The van der Waals surface area contributed by atoms with Crippen LogP contribution in [0.3, 0.4) is 0 Å². The van der Waals surface area contributed by atoms with Crippen LogP contribution in [0.1, 0.15) is 25.8 Å². The highest BCUT2D eigenvalue weighted by molar-refractivity contribution is 5.86. The van der Waals surface area contributed by atoms with Gasteiger partial charge in [-0.2, -0.15) is 0 Å². The third-order valence-electron chi connectivity index (χ3n) is 4.56. The molecular weight excluding hydrogens is 359 g/mol. The molecule has 0 bridgehead atoms. The Morgan fingerprint density at radius 2 is 2.00 bits per heavy atom. The van der Waals surface area contributed by atoms with Crippen LogP contribution in [0.15, 0.2) is 30.5 Å². The molecule has 4 N–H and O–H groups in total. The van der Waals surface area contributed by atoms with E-state index in [-0.39, 0.29) is 30.7 Å². The largest absolute Gasteiger partial charge is 0.361 e. The first-order valence-electron chi connectivity index (χ1n) is 8.31. The predicted octanol–water partition coefficient (Wildman–Crippen LogP) is 2.73. The Balaban J connectivity index is 0.00000288. The maximum absolute atomic E-state index is 12.2. The number of rotatable bonds is 8. The van der Waals surface area contributed by atoms with Gasteiger partial charge in [-0.3, -0.25) is 4.79 Å². The van der Waals surface area contributed by atoms with Crippen LogP contribution in [0, 0.1) is 0 Å². The summed E-state index contributed by atoms with van der Waals surface area (Å²) in [6, 6.07) is 8.05. The van der Waals surface area contributed by atoms with E-state index in [0.717, 1.165) is 29.4 Å². The number of hydrogen-bond donors (Lipinski definition) is 3. The summed E-state index contributed by atoms with van der Waals surface area (Å²) in [7, 11) is 2.08. The van der Waals surface area contributed by atoms with E-state index in [2.05, 4.69) is 36.1 Å². The minimum Gasteiger partial charge on any atom is -0.361 e. The highest BCUT2D eigenvalue weighted by Crippen LogP contribution is 2.18. The number of nitrogens with two attached hydrogens (primary N) is 1. The molecule has 0 aliphatic carbocycles. The highest BCUT2D eigenvalue weighted by atomic mass is 35.5. The zero-order chi connectivity index (χ0) is 16.8. The Labute approximate surface area is 162 Å².